The topological polar surface area (TPSA) is 80.6 Å². The van der Waals surface area contributed by atoms with Gasteiger partial charge in [0.15, 0.2) is 12.2 Å². The summed E-state index contributed by atoms with van der Waals surface area (Å²) in [6, 6.07) is 19.0. The van der Waals surface area contributed by atoms with Crippen molar-refractivity contribution in [2.24, 2.45) is 10.1 Å². The summed E-state index contributed by atoms with van der Waals surface area (Å²) in [6.07, 6.45) is 2.86. The monoisotopic (exact) mass is 418 g/mol. The van der Waals surface area contributed by atoms with Gasteiger partial charge < -0.3 is 9.80 Å². The minimum absolute atomic E-state index is 0.250. The summed E-state index contributed by atoms with van der Waals surface area (Å²) < 4.78 is 0. The molecule has 2 heterocycles. The van der Waals surface area contributed by atoms with E-state index in [0.717, 1.165) is 23.3 Å². The van der Waals surface area contributed by atoms with Crippen molar-refractivity contribution in [1.82, 2.24) is 20.1 Å². The maximum Gasteiger partial charge on any atom is 0.328 e. The molecule has 1 N–H and O–H groups in total. The quantitative estimate of drug-likeness (QED) is 0.576. The van der Waals surface area contributed by atoms with Gasteiger partial charge in [-0.25, -0.2) is 15.2 Å². The van der Waals surface area contributed by atoms with Crippen LogP contribution in [0.15, 0.2) is 70.8 Å². The molecule has 160 valence electrons. The minimum Gasteiger partial charge on any atom is -0.326 e. The highest BCUT2D eigenvalue weighted by Gasteiger charge is 2.50. The largest absolute Gasteiger partial charge is 0.328 e. The number of hydrazone groups is 1. The van der Waals surface area contributed by atoms with Crippen LogP contribution in [0.2, 0.25) is 0 Å². The van der Waals surface area contributed by atoms with Gasteiger partial charge in [-0.1, -0.05) is 60.7 Å². The van der Waals surface area contributed by atoms with Gasteiger partial charge in [-0.3, -0.25) is 9.69 Å². The highest BCUT2D eigenvalue weighted by molar-refractivity contribution is 6.03. The third-order valence-corrected chi connectivity index (χ3v) is 5.60. The van der Waals surface area contributed by atoms with Gasteiger partial charge in [0, 0.05) is 20.6 Å². The van der Waals surface area contributed by atoms with Gasteiger partial charge in [-0.05, 0) is 24.0 Å². The summed E-state index contributed by atoms with van der Waals surface area (Å²) in [5.41, 5.74) is 5.18. The number of fused-ring (bicyclic) bond motifs is 1. The molecular formula is C23H26N6O2. The molecule has 2 aliphatic rings. The Kier molecular flexibility index (Phi) is 5.97. The summed E-state index contributed by atoms with van der Waals surface area (Å²) in [5.74, 6) is 0.249. The smallest absolute Gasteiger partial charge is 0.326 e. The lowest BCUT2D eigenvalue weighted by Gasteiger charge is -2.39. The first-order valence-electron chi connectivity index (χ1n) is 10.3. The van der Waals surface area contributed by atoms with Gasteiger partial charge in [0.05, 0.1) is 6.21 Å². The Morgan fingerprint density at radius 1 is 1.03 bits per heavy atom. The standard InChI is InChI=1S/C23H26N6O2/c1-27-20-19(21(30)28(2)23(27)31)29(15-9-14-17-10-5-3-6-11-17)22(25-20)26-24-16-18-12-7-4-8-13-18/h3-8,10-13,16,19-20H,9,14-15H2,1-2H3,(H,25,26)/b24-16+. The number of likely N-dealkylation sites (N-methyl/N-ethyl adjacent to an activating group) is 2. The lowest BCUT2D eigenvalue weighted by molar-refractivity contribution is -0.136. The highest BCUT2D eigenvalue weighted by Crippen LogP contribution is 2.27. The van der Waals surface area contributed by atoms with Crippen molar-refractivity contribution in [1.29, 1.82) is 0 Å². The summed E-state index contributed by atoms with van der Waals surface area (Å²) >= 11 is 0. The average Bonchev–Trinajstić information content (AvgIpc) is 3.16. The van der Waals surface area contributed by atoms with Crippen molar-refractivity contribution in [3.63, 3.8) is 0 Å². The Bertz CT molecular complexity index is 992. The van der Waals surface area contributed by atoms with Gasteiger partial charge in [0.2, 0.25) is 5.96 Å². The van der Waals surface area contributed by atoms with E-state index in [-0.39, 0.29) is 11.9 Å². The fourth-order valence-electron chi connectivity index (χ4n) is 3.90. The van der Waals surface area contributed by atoms with Gasteiger partial charge >= 0.3 is 6.03 Å². The zero-order valence-corrected chi connectivity index (χ0v) is 17.7. The van der Waals surface area contributed by atoms with E-state index < -0.39 is 12.2 Å². The first kappa shape index (κ1) is 20.6. The van der Waals surface area contributed by atoms with Crippen LogP contribution in [-0.4, -0.2) is 71.7 Å². The fourth-order valence-corrected chi connectivity index (χ4v) is 3.90. The Balaban J connectivity index is 1.51. The molecular weight excluding hydrogens is 392 g/mol. The number of hydrogen-bond donors (Lipinski definition) is 1. The molecule has 2 unspecified atom stereocenters. The molecule has 1 saturated heterocycles. The van der Waals surface area contributed by atoms with Crippen molar-refractivity contribution < 1.29 is 9.59 Å². The van der Waals surface area contributed by atoms with Gasteiger partial charge in [-0.15, -0.1) is 0 Å². The van der Waals surface area contributed by atoms with E-state index in [1.807, 2.05) is 53.4 Å². The third-order valence-electron chi connectivity index (χ3n) is 5.60. The number of carbonyl (C=O) groups is 2. The number of amides is 3. The molecule has 4 rings (SSSR count). The Labute approximate surface area is 181 Å². The van der Waals surface area contributed by atoms with Crippen LogP contribution in [0.3, 0.4) is 0 Å². The van der Waals surface area contributed by atoms with Crippen LogP contribution >= 0.6 is 0 Å². The zero-order valence-electron chi connectivity index (χ0n) is 17.7. The maximum atomic E-state index is 12.9. The van der Waals surface area contributed by atoms with E-state index in [4.69, 9.17) is 0 Å². The van der Waals surface area contributed by atoms with Gasteiger partial charge in [0.25, 0.3) is 5.91 Å². The molecule has 0 aliphatic carbocycles. The van der Waals surface area contributed by atoms with E-state index in [1.165, 1.54) is 17.5 Å². The molecule has 1 fully saturated rings. The molecule has 0 saturated carbocycles. The second kappa shape index (κ2) is 8.99. The predicted molar refractivity (Wildman–Crippen MR) is 120 cm³/mol. The number of imide groups is 1. The van der Waals surface area contributed by atoms with Crippen LogP contribution in [0.1, 0.15) is 17.5 Å². The van der Waals surface area contributed by atoms with Crippen molar-refractivity contribution in [2.45, 2.75) is 25.0 Å². The van der Waals surface area contributed by atoms with Crippen LogP contribution in [0.5, 0.6) is 0 Å². The van der Waals surface area contributed by atoms with Gasteiger partial charge in [-0.2, -0.15) is 5.10 Å². The Morgan fingerprint density at radius 3 is 2.42 bits per heavy atom. The SMILES string of the molecule is CN1C(=O)C2C(N=C(N/N=C/c3ccccc3)N2CCCc2ccccc2)N(C)C1=O. The molecule has 0 radical (unpaired) electrons. The molecule has 31 heavy (non-hydrogen) atoms. The van der Waals surface area contributed by atoms with Crippen LogP contribution in [-0.2, 0) is 11.2 Å². The van der Waals surface area contributed by atoms with E-state index in [2.05, 4.69) is 27.7 Å². The van der Waals surface area contributed by atoms with E-state index >= 15 is 0 Å². The number of hydrogen-bond acceptors (Lipinski definition) is 6. The summed E-state index contributed by atoms with van der Waals surface area (Å²) in [7, 11) is 3.18. The van der Waals surface area contributed by atoms with E-state index in [9.17, 15) is 9.59 Å². The fraction of sp³-hybridized carbons (Fsp3) is 0.304. The summed E-state index contributed by atoms with van der Waals surface area (Å²) in [5, 5.41) is 4.31. The second-order valence-corrected chi connectivity index (χ2v) is 7.67. The van der Waals surface area contributed by atoms with Crippen molar-refractivity contribution >= 4 is 24.1 Å². The molecule has 2 aromatic carbocycles. The van der Waals surface area contributed by atoms with Crippen LogP contribution in [0.25, 0.3) is 0 Å². The first-order valence-corrected chi connectivity index (χ1v) is 10.3. The summed E-state index contributed by atoms with van der Waals surface area (Å²) in [4.78, 5) is 34.6. The molecule has 0 bridgehead atoms. The number of urea groups is 1. The third kappa shape index (κ3) is 4.28. The molecule has 0 spiro atoms. The number of nitrogens with zero attached hydrogens (tertiary/aromatic N) is 5. The molecule has 2 aromatic rings. The minimum atomic E-state index is -0.567. The molecule has 0 aromatic heterocycles. The van der Waals surface area contributed by atoms with Crippen LogP contribution < -0.4 is 5.43 Å². The number of carbonyl (C=O) groups excluding carboxylic acids is 2. The van der Waals surface area contributed by atoms with E-state index in [0.29, 0.717) is 12.5 Å². The number of guanidine groups is 1. The second-order valence-electron chi connectivity index (χ2n) is 7.67. The first-order chi connectivity index (χ1) is 15.1. The number of benzene rings is 2. The number of aryl methyl sites for hydroxylation is 1. The van der Waals surface area contributed by atoms with Crippen molar-refractivity contribution in [2.75, 3.05) is 20.6 Å². The normalized spacial score (nSPS) is 21.0. The van der Waals surface area contributed by atoms with Crippen LogP contribution in [0.4, 0.5) is 4.79 Å². The molecule has 8 nitrogen and oxygen atoms in total. The number of nitrogens with one attached hydrogen (secondary N) is 1. The number of aliphatic imine (C=N–C) groups is 1. The average molecular weight is 419 g/mol. The summed E-state index contributed by atoms with van der Waals surface area (Å²) in [6.45, 7) is 0.615. The molecule has 3 amide bonds. The maximum absolute atomic E-state index is 12.9. The lowest BCUT2D eigenvalue weighted by Crippen LogP contribution is -2.64. The van der Waals surface area contributed by atoms with Crippen molar-refractivity contribution in [3.8, 4) is 0 Å². The zero-order chi connectivity index (χ0) is 21.8. The Hall–Kier alpha value is -3.68. The Morgan fingerprint density at radius 2 is 1.71 bits per heavy atom. The van der Waals surface area contributed by atoms with Crippen molar-refractivity contribution in [3.05, 3.63) is 71.8 Å². The molecule has 8 heteroatoms. The lowest BCUT2D eigenvalue weighted by atomic mass is 10.1. The van der Waals surface area contributed by atoms with Crippen LogP contribution in [0, 0.1) is 0 Å². The highest BCUT2D eigenvalue weighted by atomic mass is 16.2. The number of rotatable bonds is 6. The van der Waals surface area contributed by atoms with E-state index in [1.54, 1.807) is 13.3 Å². The molecule has 2 atom stereocenters. The molecule has 2 aliphatic heterocycles. The predicted octanol–water partition coefficient (Wildman–Crippen LogP) is 2.13. The van der Waals surface area contributed by atoms with Gasteiger partial charge in [0.1, 0.15) is 0 Å².